The minimum atomic E-state index is -0.328. The van der Waals surface area contributed by atoms with Crippen molar-refractivity contribution in [2.45, 2.75) is 0 Å². The maximum atomic E-state index is 12.0. The van der Waals surface area contributed by atoms with Crippen molar-refractivity contribution >= 4 is 17.8 Å². The van der Waals surface area contributed by atoms with Crippen LogP contribution in [-0.4, -0.2) is 13.1 Å². The highest BCUT2D eigenvalue weighted by atomic mass is 16.5. The number of methoxy groups -OCH3 is 1. The van der Waals surface area contributed by atoms with Gasteiger partial charge in [-0.3, -0.25) is 0 Å². The lowest BCUT2D eigenvalue weighted by atomic mass is 10.2. The number of rotatable bonds is 6. The molecule has 0 aromatic heterocycles. The van der Waals surface area contributed by atoms with Crippen molar-refractivity contribution in [3.05, 3.63) is 90.6 Å². The van der Waals surface area contributed by atoms with Crippen LogP contribution in [0.3, 0.4) is 0 Å². The van der Waals surface area contributed by atoms with E-state index >= 15 is 0 Å². The van der Waals surface area contributed by atoms with Gasteiger partial charge in [-0.15, -0.1) is 0 Å². The van der Waals surface area contributed by atoms with E-state index in [0.717, 1.165) is 17.1 Å². The number of carbonyl (C=O) groups excluding carboxylic acids is 1. The lowest BCUT2D eigenvalue weighted by Gasteiger charge is -2.08. The zero-order valence-corrected chi connectivity index (χ0v) is 14.9. The highest BCUT2D eigenvalue weighted by Crippen LogP contribution is 2.22. The number of benzene rings is 3. The Labute approximate surface area is 158 Å². The van der Waals surface area contributed by atoms with Crippen LogP contribution in [0.1, 0.15) is 5.56 Å². The zero-order valence-electron chi connectivity index (χ0n) is 14.9. The number of carbonyl (C=O) groups is 1. The van der Waals surface area contributed by atoms with Gasteiger partial charge in [0.25, 0.3) is 0 Å². The predicted octanol–water partition coefficient (Wildman–Crippen LogP) is 5.28. The van der Waals surface area contributed by atoms with Crippen LogP contribution in [0.2, 0.25) is 0 Å². The molecule has 5 heteroatoms. The van der Waals surface area contributed by atoms with E-state index < -0.39 is 0 Å². The maximum absolute atomic E-state index is 12.0. The van der Waals surface area contributed by atoms with Gasteiger partial charge in [-0.1, -0.05) is 30.3 Å². The smallest absolute Gasteiger partial charge is 0.323 e. The Hall–Kier alpha value is -3.73. The van der Waals surface area contributed by atoms with Gasteiger partial charge in [0, 0.05) is 11.9 Å². The molecule has 3 rings (SSSR count). The second-order valence-corrected chi connectivity index (χ2v) is 5.65. The number of urea groups is 1. The summed E-state index contributed by atoms with van der Waals surface area (Å²) in [6.07, 6.45) is 3.37. The molecule has 0 atom stereocenters. The van der Waals surface area contributed by atoms with E-state index in [-0.39, 0.29) is 6.03 Å². The lowest BCUT2D eigenvalue weighted by molar-refractivity contribution is 0.255. The predicted molar refractivity (Wildman–Crippen MR) is 107 cm³/mol. The van der Waals surface area contributed by atoms with Crippen LogP contribution in [0.4, 0.5) is 10.5 Å². The Kier molecular flexibility index (Phi) is 6.09. The van der Waals surface area contributed by atoms with Gasteiger partial charge in [0.2, 0.25) is 0 Å². The van der Waals surface area contributed by atoms with Crippen molar-refractivity contribution in [3.8, 4) is 17.2 Å². The van der Waals surface area contributed by atoms with Crippen molar-refractivity contribution in [1.82, 2.24) is 5.32 Å². The summed E-state index contributed by atoms with van der Waals surface area (Å²) >= 11 is 0. The summed E-state index contributed by atoms with van der Waals surface area (Å²) in [6.45, 7) is 0. The molecular weight excluding hydrogens is 340 g/mol. The highest BCUT2D eigenvalue weighted by Gasteiger charge is 2.01. The van der Waals surface area contributed by atoms with Crippen LogP contribution in [-0.2, 0) is 0 Å². The first-order chi connectivity index (χ1) is 13.2. The largest absolute Gasteiger partial charge is 0.497 e. The average Bonchev–Trinajstić information content (AvgIpc) is 2.70. The summed E-state index contributed by atoms with van der Waals surface area (Å²) in [5.41, 5.74) is 1.60. The lowest BCUT2D eigenvalue weighted by Crippen LogP contribution is -2.23. The quantitative estimate of drug-likeness (QED) is 0.629. The van der Waals surface area contributed by atoms with Gasteiger partial charge in [-0.2, -0.15) is 0 Å². The third-order valence-corrected chi connectivity index (χ3v) is 3.68. The Morgan fingerprint density at radius 2 is 1.56 bits per heavy atom. The normalized spacial score (nSPS) is 10.4. The summed E-state index contributed by atoms with van der Waals surface area (Å²) in [5.74, 6) is 2.23. The molecule has 0 heterocycles. The molecule has 2 amide bonds. The minimum Gasteiger partial charge on any atom is -0.497 e. The van der Waals surface area contributed by atoms with E-state index in [1.54, 1.807) is 43.7 Å². The maximum Gasteiger partial charge on any atom is 0.323 e. The summed E-state index contributed by atoms with van der Waals surface area (Å²) in [7, 11) is 1.62. The molecule has 3 aromatic carbocycles. The highest BCUT2D eigenvalue weighted by molar-refractivity contribution is 5.90. The molecule has 0 spiro atoms. The van der Waals surface area contributed by atoms with Crippen LogP contribution in [0.15, 0.2) is 85.1 Å². The van der Waals surface area contributed by atoms with Gasteiger partial charge in [0.05, 0.1) is 7.11 Å². The molecule has 0 radical (unpaired) electrons. The van der Waals surface area contributed by atoms with E-state index in [2.05, 4.69) is 10.6 Å². The summed E-state index contributed by atoms with van der Waals surface area (Å²) in [5, 5.41) is 5.43. The molecular formula is C22H20N2O3. The van der Waals surface area contributed by atoms with Gasteiger partial charge >= 0.3 is 6.03 Å². The number of para-hydroxylation sites is 1. The fraction of sp³-hybridized carbons (Fsp3) is 0.0455. The Morgan fingerprint density at radius 3 is 2.30 bits per heavy atom. The fourth-order valence-electron chi connectivity index (χ4n) is 2.36. The Morgan fingerprint density at radius 1 is 0.852 bits per heavy atom. The van der Waals surface area contributed by atoms with Gasteiger partial charge in [-0.25, -0.2) is 4.79 Å². The minimum absolute atomic E-state index is 0.328. The standard InChI is InChI=1S/C22H20N2O3/c1-26-21-9-5-6-17(16-21)14-15-23-22(25)24-18-10-12-20(13-11-18)27-19-7-3-2-4-8-19/h2-16H,1H3,(H2,23,24,25)/b15-14+. The fourth-order valence-corrected chi connectivity index (χ4v) is 2.36. The monoisotopic (exact) mass is 360 g/mol. The van der Waals surface area contributed by atoms with Crippen LogP contribution >= 0.6 is 0 Å². The van der Waals surface area contributed by atoms with Crippen molar-refractivity contribution in [1.29, 1.82) is 0 Å². The summed E-state index contributed by atoms with van der Waals surface area (Å²) in [6, 6.07) is 23.9. The molecule has 0 fully saturated rings. The van der Waals surface area contributed by atoms with Crippen molar-refractivity contribution < 1.29 is 14.3 Å². The zero-order chi connectivity index (χ0) is 18.9. The molecule has 2 N–H and O–H groups in total. The van der Waals surface area contributed by atoms with Crippen LogP contribution in [0.5, 0.6) is 17.2 Å². The second-order valence-electron chi connectivity index (χ2n) is 5.65. The Bertz CT molecular complexity index is 906. The first kappa shape index (κ1) is 18.1. The number of nitrogens with one attached hydrogen (secondary N) is 2. The van der Waals surface area contributed by atoms with Crippen molar-refractivity contribution in [2.24, 2.45) is 0 Å². The van der Waals surface area contributed by atoms with E-state index in [4.69, 9.17) is 9.47 Å². The SMILES string of the molecule is COc1cccc(/C=C/NC(=O)Nc2ccc(Oc3ccccc3)cc2)c1. The molecule has 136 valence electrons. The topological polar surface area (TPSA) is 59.6 Å². The third kappa shape index (κ3) is 5.64. The van der Waals surface area contributed by atoms with Crippen LogP contribution < -0.4 is 20.1 Å². The molecule has 0 saturated carbocycles. The first-order valence-electron chi connectivity index (χ1n) is 8.44. The molecule has 0 aliphatic carbocycles. The van der Waals surface area contributed by atoms with E-state index in [0.29, 0.717) is 11.4 Å². The van der Waals surface area contributed by atoms with Gasteiger partial charge in [0.1, 0.15) is 17.2 Å². The van der Waals surface area contributed by atoms with Crippen molar-refractivity contribution in [2.75, 3.05) is 12.4 Å². The molecule has 3 aromatic rings. The van der Waals surface area contributed by atoms with E-state index in [1.165, 1.54) is 0 Å². The molecule has 0 bridgehead atoms. The molecule has 0 aliphatic rings. The van der Waals surface area contributed by atoms with Gasteiger partial charge in [0.15, 0.2) is 0 Å². The van der Waals surface area contributed by atoms with Gasteiger partial charge < -0.3 is 20.1 Å². The average molecular weight is 360 g/mol. The van der Waals surface area contributed by atoms with Crippen molar-refractivity contribution in [3.63, 3.8) is 0 Å². The van der Waals surface area contributed by atoms with Crippen LogP contribution in [0.25, 0.3) is 6.08 Å². The third-order valence-electron chi connectivity index (χ3n) is 3.68. The summed E-state index contributed by atoms with van der Waals surface area (Å²) < 4.78 is 10.9. The molecule has 0 unspecified atom stereocenters. The molecule has 0 aliphatic heterocycles. The number of amides is 2. The van der Waals surface area contributed by atoms with E-state index in [1.807, 2.05) is 54.6 Å². The number of hydrogen-bond donors (Lipinski definition) is 2. The first-order valence-corrected chi connectivity index (χ1v) is 8.44. The van der Waals surface area contributed by atoms with Gasteiger partial charge in [-0.05, 0) is 60.2 Å². The molecule has 5 nitrogen and oxygen atoms in total. The number of anilines is 1. The van der Waals surface area contributed by atoms with Crippen LogP contribution in [0, 0.1) is 0 Å². The summed E-state index contributed by atoms with van der Waals surface area (Å²) in [4.78, 5) is 12.0. The molecule has 27 heavy (non-hydrogen) atoms. The van der Waals surface area contributed by atoms with E-state index in [9.17, 15) is 4.79 Å². The number of hydrogen-bond acceptors (Lipinski definition) is 3. The number of ether oxygens (including phenoxy) is 2. The Balaban J connectivity index is 1.51. The molecule has 0 saturated heterocycles. The second kappa shape index (κ2) is 9.10.